The van der Waals surface area contributed by atoms with E-state index in [9.17, 15) is 4.79 Å². The first kappa shape index (κ1) is 13.6. The molecule has 1 heterocycles. The lowest BCUT2D eigenvalue weighted by atomic mass is 9.75. The van der Waals surface area contributed by atoms with Gasteiger partial charge in [0.25, 0.3) is 0 Å². The van der Waals surface area contributed by atoms with Crippen LogP contribution < -0.4 is 11.1 Å². The molecule has 4 heteroatoms. The van der Waals surface area contributed by atoms with E-state index in [2.05, 4.69) is 19.2 Å². The molecule has 3 N–H and O–H groups in total. The molecule has 18 heavy (non-hydrogen) atoms. The number of rotatable bonds is 3. The molecule has 1 atom stereocenters. The minimum absolute atomic E-state index is 0.0397. The average molecular weight is 266 g/mol. The molecule has 0 spiro atoms. The van der Waals surface area contributed by atoms with Crippen molar-refractivity contribution >= 4 is 17.2 Å². The standard InChI is InChI=1S/C14H22N2OS/c1-14(2)7-5-10(6-8-14)16-13(17)12(15)11-4-3-9-18-11/h3-4,9-10,12H,5-8,15H2,1-2H3,(H,16,17). The van der Waals surface area contributed by atoms with E-state index in [1.807, 2.05) is 17.5 Å². The Balaban J connectivity index is 1.85. The van der Waals surface area contributed by atoms with Gasteiger partial charge in [0.1, 0.15) is 6.04 Å². The van der Waals surface area contributed by atoms with Crippen molar-refractivity contribution in [1.82, 2.24) is 5.32 Å². The predicted molar refractivity (Wildman–Crippen MR) is 75.4 cm³/mol. The van der Waals surface area contributed by atoms with Crippen LogP contribution in [0.1, 0.15) is 50.4 Å². The first-order chi connectivity index (χ1) is 8.48. The number of hydrogen-bond donors (Lipinski definition) is 2. The molecule has 0 radical (unpaired) electrons. The average Bonchev–Trinajstić information content (AvgIpc) is 2.84. The smallest absolute Gasteiger partial charge is 0.242 e. The summed E-state index contributed by atoms with van der Waals surface area (Å²) in [5.41, 5.74) is 6.38. The van der Waals surface area contributed by atoms with Crippen LogP contribution in [0.15, 0.2) is 17.5 Å². The van der Waals surface area contributed by atoms with Gasteiger partial charge in [0.15, 0.2) is 0 Å². The maximum atomic E-state index is 12.0. The van der Waals surface area contributed by atoms with E-state index in [4.69, 9.17) is 5.73 Å². The fourth-order valence-electron chi connectivity index (χ4n) is 2.43. The largest absolute Gasteiger partial charge is 0.352 e. The maximum Gasteiger partial charge on any atom is 0.242 e. The molecule has 1 fully saturated rings. The Morgan fingerprint density at radius 1 is 1.50 bits per heavy atom. The van der Waals surface area contributed by atoms with Crippen LogP contribution in [0.5, 0.6) is 0 Å². The number of carbonyl (C=O) groups excluding carboxylic acids is 1. The molecule has 0 aromatic carbocycles. The normalized spacial score (nSPS) is 21.5. The van der Waals surface area contributed by atoms with Crippen LogP contribution in [0.3, 0.4) is 0 Å². The highest BCUT2D eigenvalue weighted by atomic mass is 32.1. The van der Waals surface area contributed by atoms with Crippen molar-refractivity contribution in [3.05, 3.63) is 22.4 Å². The third kappa shape index (κ3) is 3.33. The molecule has 1 unspecified atom stereocenters. The monoisotopic (exact) mass is 266 g/mol. The Bertz CT molecular complexity index is 390. The highest BCUT2D eigenvalue weighted by Gasteiger charge is 2.28. The summed E-state index contributed by atoms with van der Waals surface area (Å²) in [6.07, 6.45) is 4.48. The third-order valence-electron chi connectivity index (χ3n) is 3.82. The number of nitrogens with two attached hydrogens (primary N) is 1. The van der Waals surface area contributed by atoms with Crippen molar-refractivity contribution in [3.8, 4) is 0 Å². The SMILES string of the molecule is CC1(C)CCC(NC(=O)C(N)c2cccs2)CC1. The quantitative estimate of drug-likeness (QED) is 0.884. The van der Waals surface area contributed by atoms with Crippen LogP contribution >= 0.6 is 11.3 Å². The summed E-state index contributed by atoms with van der Waals surface area (Å²) >= 11 is 1.54. The molecule has 1 amide bonds. The summed E-state index contributed by atoms with van der Waals surface area (Å²) in [5.74, 6) is -0.0397. The Labute approximate surface area is 113 Å². The molecule has 0 saturated heterocycles. The molecule has 1 saturated carbocycles. The van der Waals surface area contributed by atoms with Gasteiger partial charge in [-0.05, 0) is 42.5 Å². The molecule has 1 aliphatic rings. The van der Waals surface area contributed by atoms with Crippen LogP contribution in [-0.2, 0) is 4.79 Å². The Kier molecular flexibility index (Phi) is 4.07. The van der Waals surface area contributed by atoms with Crippen LogP contribution in [0.4, 0.5) is 0 Å². The van der Waals surface area contributed by atoms with Crippen LogP contribution in [0.2, 0.25) is 0 Å². The minimum Gasteiger partial charge on any atom is -0.352 e. The van der Waals surface area contributed by atoms with E-state index >= 15 is 0 Å². The molecule has 1 aliphatic carbocycles. The van der Waals surface area contributed by atoms with Gasteiger partial charge < -0.3 is 11.1 Å². The summed E-state index contributed by atoms with van der Waals surface area (Å²) in [6.45, 7) is 4.59. The van der Waals surface area contributed by atoms with E-state index in [1.54, 1.807) is 0 Å². The summed E-state index contributed by atoms with van der Waals surface area (Å²) in [7, 11) is 0. The lowest BCUT2D eigenvalue weighted by molar-refractivity contribution is -0.123. The fourth-order valence-corrected chi connectivity index (χ4v) is 3.16. The maximum absolute atomic E-state index is 12.0. The number of thiophene rings is 1. The van der Waals surface area contributed by atoms with Gasteiger partial charge in [-0.3, -0.25) is 4.79 Å². The summed E-state index contributed by atoms with van der Waals surface area (Å²) in [6, 6.07) is 3.63. The van der Waals surface area contributed by atoms with Crippen LogP contribution in [0, 0.1) is 5.41 Å². The van der Waals surface area contributed by atoms with E-state index in [0.717, 1.165) is 17.7 Å². The van der Waals surface area contributed by atoms with Gasteiger partial charge in [-0.15, -0.1) is 11.3 Å². The van der Waals surface area contributed by atoms with E-state index in [0.29, 0.717) is 11.5 Å². The fraction of sp³-hybridized carbons (Fsp3) is 0.643. The van der Waals surface area contributed by atoms with Gasteiger partial charge in [0, 0.05) is 10.9 Å². The molecule has 3 nitrogen and oxygen atoms in total. The number of carbonyl (C=O) groups is 1. The molecule has 1 aromatic rings. The second-order valence-corrected chi connectivity index (χ2v) is 6.92. The minimum atomic E-state index is -0.514. The molecular weight excluding hydrogens is 244 g/mol. The van der Waals surface area contributed by atoms with E-state index in [-0.39, 0.29) is 5.91 Å². The first-order valence-corrected chi connectivity index (χ1v) is 7.45. The zero-order valence-electron chi connectivity index (χ0n) is 11.1. The van der Waals surface area contributed by atoms with Gasteiger partial charge >= 0.3 is 0 Å². The second-order valence-electron chi connectivity index (χ2n) is 5.94. The zero-order chi connectivity index (χ0) is 13.2. The summed E-state index contributed by atoms with van der Waals surface area (Å²) < 4.78 is 0. The van der Waals surface area contributed by atoms with Crippen molar-refractivity contribution in [2.75, 3.05) is 0 Å². The first-order valence-electron chi connectivity index (χ1n) is 6.57. The number of hydrogen-bond acceptors (Lipinski definition) is 3. The summed E-state index contributed by atoms with van der Waals surface area (Å²) in [4.78, 5) is 13.0. The van der Waals surface area contributed by atoms with Crippen molar-refractivity contribution in [2.45, 2.75) is 51.6 Å². The van der Waals surface area contributed by atoms with Gasteiger partial charge in [0.2, 0.25) is 5.91 Å². The number of amides is 1. The highest BCUT2D eigenvalue weighted by molar-refractivity contribution is 7.10. The third-order valence-corrected chi connectivity index (χ3v) is 4.77. The lowest BCUT2D eigenvalue weighted by Crippen LogP contribution is -2.43. The van der Waals surface area contributed by atoms with Crippen LogP contribution in [-0.4, -0.2) is 11.9 Å². The van der Waals surface area contributed by atoms with Gasteiger partial charge in [-0.1, -0.05) is 19.9 Å². The van der Waals surface area contributed by atoms with E-state index < -0.39 is 6.04 Å². The molecular formula is C14H22N2OS. The predicted octanol–water partition coefficient (Wildman–Crippen LogP) is 2.83. The molecule has 0 bridgehead atoms. The Morgan fingerprint density at radius 2 is 2.17 bits per heavy atom. The van der Waals surface area contributed by atoms with Gasteiger partial charge in [-0.2, -0.15) is 0 Å². The lowest BCUT2D eigenvalue weighted by Gasteiger charge is -2.34. The molecule has 100 valence electrons. The summed E-state index contributed by atoms with van der Waals surface area (Å²) in [5, 5.41) is 5.04. The van der Waals surface area contributed by atoms with Crippen molar-refractivity contribution in [3.63, 3.8) is 0 Å². The molecule has 0 aliphatic heterocycles. The highest BCUT2D eigenvalue weighted by Crippen LogP contribution is 2.35. The second kappa shape index (κ2) is 5.41. The van der Waals surface area contributed by atoms with Gasteiger partial charge in [0.05, 0.1) is 0 Å². The van der Waals surface area contributed by atoms with Crippen molar-refractivity contribution in [1.29, 1.82) is 0 Å². The van der Waals surface area contributed by atoms with Crippen molar-refractivity contribution < 1.29 is 4.79 Å². The Hall–Kier alpha value is -0.870. The van der Waals surface area contributed by atoms with Crippen molar-refractivity contribution in [2.24, 2.45) is 11.1 Å². The van der Waals surface area contributed by atoms with Crippen LogP contribution in [0.25, 0.3) is 0 Å². The zero-order valence-corrected chi connectivity index (χ0v) is 11.9. The van der Waals surface area contributed by atoms with Gasteiger partial charge in [-0.25, -0.2) is 0 Å². The number of nitrogens with one attached hydrogen (secondary N) is 1. The molecule has 1 aromatic heterocycles. The molecule has 2 rings (SSSR count). The van der Waals surface area contributed by atoms with E-state index in [1.165, 1.54) is 24.2 Å². The topological polar surface area (TPSA) is 55.1 Å². The Morgan fingerprint density at radius 3 is 2.72 bits per heavy atom.